The van der Waals surface area contributed by atoms with E-state index in [2.05, 4.69) is 0 Å². The monoisotopic (exact) mass is 212 g/mol. The van der Waals surface area contributed by atoms with E-state index in [9.17, 15) is 15.0 Å². The summed E-state index contributed by atoms with van der Waals surface area (Å²) in [5.41, 5.74) is 10.8. The van der Waals surface area contributed by atoms with Crippen LogP contribution in [0.5, 0.6) is 17.2 Å². The minimum Gasteiger partial charge on any atom is -0.504 e. The minimum absolute atomic E-state index is 0.107. The quantitative estimate of drug-likeness (QED) is 0.438. The number of hydrogen-bond donors (Lipinski definition) is 5. The first-order chi connectivity index (χ1) is 6.91. The second-order valence-corrected chi connectivity index (χ2v) is 3.18. The number of phenols is 3. The third kappa shape index (κ3) is 2.50. The van der Waals surface area contributed by atoms with Gasteiger partial charge in [0.15, 0.2) is 17.2 Å². The Hall–Kier alpha value is -1.95. The highest BCUT2D eigenvalue weighted by Gasteiger charge is 2.14. The van der Waals surface area contributed by atoms with Gasteiger partial charge in [-0.15, -0.1) is 0 Å². The standard InChI is InChI=1S/C9H12N2O4/c10-5(3-8(11)14)4-1-6(12)9(15)7(13)2-4/h1-2,5,12-13,15H,3,10H2,(H2,11,14). The lowest BCUT2D eigenvalue weighted by molar-refractivity contribution is -0.118. The highest BCUT2D eigenvalue weighted by molar-refractivity contribution is 5.74. The van der Waals surface area contributed by atoms with Crippen LogP contribution in [0.4, 0.5) is 0 Å². The fraction of sp³-hybridized carbons (Fsp3) is 0.222. The molecular weight excluding hydrogens is 200 g/mol. The van der Waals surface area contributed by atoms with Crippen molar-refractivity contribution in [2.24, 2.45) is 11.5 Å². The van der Waals surface area contributed by atoms with E-state index in [1.54, 1.807) is 0 Å². The van der Waals surface area contributed by atoms with E-state index in [1.165, 1.54) is 12.1 Å². The van der Waals surface area contributed by atoms with E-state index in [0.29, 0.717) is 5.56 Å². The molecule has 1 unspecified atom stereocenters. The highest BCUT2D eigenvalue weighted by atomic mass is 16.3. The molecule has 0 aromatic heterocycles. The summed E-state index contributed by atoms with van der Waals surface area (Å²) in [5, 5.41) is 27.4. The maximum Gasteiger partial charge on any atom is 0.219 e. The average molecular weight is 212 g/mol. The van der Waals surface area contributed by atoms with Crippen molar-refractivity contribution in [1.82, 2.24) is 0 Å². The molecule has 0 fully saturated rings. The fourth-order valence-electron chi connectivity index (χ4n) is 1.17. The Morgan fingerprint density at radius 1 is 1.27 bits per heavy atom. The van der Waals surface area contributed by atoms with Crippen LogP contribution in [0.2, 0.25) is 0 Å². The second kappa shape index (κ2) is 4.05. The molecule has 0 saturated heterocycles. The molecule has 1 amide bonds. The number of phenolic OH excluding ortho intramolecular Hbond substituents is 3. The summed E-state index contributed by atoms with van der Waals surface area (Å²) in [7, 11) is 0. The number of rotatable bonds is 3. The molecule has 0 bridgehead atoms. The number of aromatic hydroxyl groups is 3. The summed E-state index contributed by atoms with van der Waals surface area (Å²) in [6, 6.07) is 1.62. The molecule has 1 aromatic carbocycles. The van der Waals surface area contributed by atoms with Crippen LogP contribution in [-0.4, -0.2) is 21.2 Å². The Balaban J connectivity index is 3.00. The summed E-state index contributed by atoms with van der Waals surface area (Å²) in [6.07, 6.45) is -0.107. The van der Waals surface area contributed by atoms with E-state index in [1.807, 2.05) is 0 Å². The van der Waals surface area contributed by atoms with E-state index in [-0.39, 0.29) is 6.42 Å². The zero-order valence-corrected chi connectivity index (χ0v) is 7.84. The van der Waals surface area contributed by atoms with Crippen molar-refractivity contribution in [3.63, 3.8) is 0 Å². The van der Waals surface area contributed by atoms with Gasteiger partial charge in [-0.3, -0.25) is 4.79 Å². The van der Waals surface area contributed by atoms with E-state index in [4.69, 9.17) is 16.6 Å². The third-order valence-corrected chi connectivity index (χ3v) is 1.94. The van der Waals surface area contributed by atoms with Crippen molar-refractivity contribution in [3.05, 3.63) is 17.7 Å². The molecule has 0 saturated carbocycles. The third-order valence-electron chi connectivity index (χ3n) is 1.94. The summed E-state index contributed by atoms with van der Waals surface area (Å²) < 4.78 is 0. The predicted molar refractivity (Wildman–Crippen MR) is 52.2 cm³/mol. The van der Waals surface area contributed by atoms with Crippen molar-refractivity contribution in [2.45, 2.75) is 12.5 Å². The fourth-order valence-corrected chi connectivity index (χ4v) is 1.17. The van der Waals surface area contributed by atoms with Crippen LogP contribution in [0.25, 0.3) is 0 Å². The zero-order valence-electron chi connectivity index (χ0n) is 7.84. The summed E-state index contributed by atoms with van der Waals surface area (Å²) >= 11 is 0. The molecule has 0 spiro atoms. The van der Waals surface area contributed by atoms with Gasteiger partial charge in [-0.2, -0.15) is 0 Å². The Morgan fingerprint density at radius 3 is 2.13 bits per heavy atom. The smallest absolute Gasteiger partial charge is 0.219 e. The number of nitrogens with two attached hydrogens (primary N) is 2. The zero-order chi connectivity index (χ0) is 11.6. The second-order valence-electron chi connectivity index (χ2n) is 3.18. The Labute approximate surface area is 85.8 Å². The van der Waals surface area contributed by atoms with Crippen molar-refractivity contribution in [1.29, 1.82) is 0 Å². The van der Waals surface area contributed by atoms with Gasteiger partial charge in [0.25, 0.3) is 0 Å². The number of benzene rings is 1. The SMILES string of the molecule is NC(=O)CC(N)c1cc(O)c(O)c(O)c1. The van der Waals surface area contributed by atoms with Crippen LogP contribution in [-0.2, 0) is 4.79 Å². The largest absolute Gasteiger partial charge is 0.504 e. The van der Waals surface area contributed by atoms with Gasteiger partial charge in [0.1, 0.15) is 0 Å². The summed E-state index contributed by atoms with van der Waals surface area (Å²) in [5.74, 6) is -2.20. The first-order valence-electron chi connectivity index (χ1n) is 4.20. The molecule has 82 valence electrons. The molecule has 15 heavy (non-hydrogen) atoms. The number of hydrogen-bond acceptors (Lipinski definition) is 5. The van der Waals surface area contributed by atoms with Gasteiger partial charge in [-0.05, 0) is 17.7 Å². The maximum atomic E-state index is 10.6. The lowest BCUT2D eigenvalue weighted by atomic mass is 10.0. The van der Waals surface area contributed by atoms with Crippen LogP contribution in [0.1, 0.15) is 18.0 Å². The average Bonchev–Trinajstić information content (AvgIpc) is 2.12. The van der Waals surface area contributed by atoms with Gasteiger partial charge in [0.2, 0.25) is 5.91 Å². The van der Waals surface area contributed by atoms with Gasteiger partial charge in [-0.25, -0.2) is 0 Å². The molecule has 6 nitrogen and oxygen atoms in total. The van der Waals surface area contributed by atoms with Crippen molar-refractivity contribution < 1.29 is 20.1 Å². The lowest BCUT2D eigenvalue weighted by Gasteiger charge is -2.11. The molecule has 0 aliphatic heterocycles. The maximum absolute atomic E-state index is 10.6. The molecule has 0 aliphatic rings. The van der Waals surface area contributed by atoms with Crippen LogP contribution in [0, 0.1) is 0 Å². The Kier molecular flexibility index (Phi) is 3.01. The summed E-state index contributed by atoms with van der Waals surface area (Å²) in [6.45, 7) is 0. The van der Waals surface area contributed by atoms with Crippen LogP contribution < -0.4 is 11.5 Å². The van der Waals surface area contributed by atoms with Crippen LogP contribution in [0.15, 0.2) is 12.1 Å². The van der Waals surface area contributed by atoms with Crippen molar-refractivity contribution >= 4 is 5.91 Å². The molecule has 1 rings (SSSR count). The van der Waals surface area contributed by atoms with Gasteiger partial charge < -0.3 is 26.8 Å². The Morgan fingerprint density at radius 2 is 1.73 bits per heavy atom. The number of carbonyl (C=O) groups excluding carboxylic acids is 1. The molecule has 1 atom stereocenters. The number of primary amides is 1. The van der Waals surface area contributed by atoms with Crippen LogP contribution in [0.3, 0.4) is 0 Å². The molecule has 0 heterocycles. The van der Waals surface area contributed by atoms with Crippen LogP contribution >= 0.6 is 0 Å². The van der Waals surface area contributed by atoms with Gasteiger partial charge >= 0.3 is 0 Å². The predicted octanol–water partition coefficient (Wildman–Crippen LogP) is -0.321. The first kappa shape index (κ1) is 11.1. The van der Waals surface area contributed by atoms with Crippen molar-refractivity contribution in [3.8, 4) is 17.2 Å². The molecule has 0 aliphatic carbocycles. The van der Waals surface area contributed by atoms with E-state index < -0.39 is 29.2 Å². The normalized spacial score (nSPS) is 12.3. The van der Waals surface area contributed by atoms with Crippen molar-refractivity contribution in [2.75, 3.05) is 0 Å². The molecular formula is C9H12N2O4. The molecule has 0 radical (unpaired) electrons. The molecule has 7 N–H and O–H groups in total. The molecule has 1 aromatic rings. The van der Waals surface area contributed by atoms with Gasteiger partial charge in [0.05, 0.1) is 0 Å². The number of amides is 1. The highest BCUT2D eigenvalue weighted by Crippen LogP contribution is 2.37. The van der Waals surface area contributed by atoms with E-state index >= 15 is 0 Å². The topological polar surface area (TPSA) is 130 Å². The van der Waals surface area contributed by atoms with Gasteiger partial charge in [0, 0.05) is 12.5 Å². The minimum atomic E-state index is -0.722. The van der Waals surface area contributed by atoms with Gasteiger partial charge in [-0.1, -0.05) is 0 Å². The summed E-state index contributed by atoms with van der Waals surface area (Å²) in [4.78, 5) is 10.6. The first-order valence-corrected chi connectivity index (χ1v) is 4.20. The molecule has 6 heteroatoms. The van der Waals surface area contributed by atoms with E-state index in [0.717, 1.165) is 0 Å². The Bertz CT molecular complexity index is 369. The number of carbonyl (C=O) groups is 1. The lowest BCUT2D eigenvalue weighted by Crippen LogP contribution is -2.20.